The van der Waals surface area contributed by atoms with Crippen molar-refractivity contribution < 1.29 is 9.21 Å². The molecule has 0 atom stereocenters. The smallest absolute Gasteiger partial charge is 0.276 e. The van der Waals surface area contributed by atoms with Crippen molar-refractivity contribution in [3.8, 4) is 10.6 Å². The molecular weight excluding hydrogens is 300 g/mol. The number of aromatic nitrogens is 3. The van der Waals surface area contributed by atoms with Crippen LogP contribution in [0.15, 0.2) is 47.0 Å². The quantitative estimate of drug-likeness (QED) is 0.701. The highest BCUT2D eigenvalue weighted by atomic mass is 32.1. The minimum atomic E-state index is -0.122. The summed E-state index contributed by atoms with van der Waals surface area (Å²) in [6, 6.07) is 3.84. The van der Waals surface area contributed by atoms with E-state index in [2.05, 4.69) is 9.97 Å². The van der Waals surface area contributed by atoms with Gasteiger partial charge in [-0.3, -0.25) is 4.79 Å². The summed E-state index contributed by atoms with van der Waals surface area (Å²) >= 11 is 1.53. The highest BCUT2D eigenvalue weighted by Crippen LogP contribution is 2.28. The number of nitrogens with zero attached hydrogens (tertiary/aromatic N) is 4. The first-order valence-corrected chi connectivity index (χ1v) is 7.82. The Kier molecular flexibility index (Phi) is 4.34. The Morgan fingerprint density at radius 1 is 1.50 bits per heavy atom. The second kappa shape index (κ2) is 6.57. The number of oxazole rings is 1. The van der Waals surface area contributed by atoms with Crippen molar-refractivity contribution in [2.75, 3.05) is 13.6 Å². The molecule has 0 aliphatic carbocycles. The van der Waals surface area contributed by atoms with Crippen LogP contribution < -0.4 is 0 Å². The van der Waals surface area contributed by atoms with Crippen LogP contribution in [0.25, 0.3) is 10.6 Å². The van der Waals surface area contributed by atoms with Crippen molar-refractivity contribution in [2.24, 2.45) is 0 Å². The molecule has 22 heavy (non-hydrogen) atoms. The van der Waals surface area contributed by atoms with E-state index >= 15 is 0 Å². The monoisotopic (exact) mass is 316 g/mol. The molecule has 0 saturated carbocycles. The fourth-order valence-corrected chi connectivity index (χ4v) is 2.89. The van der Waals surface area contributed by atoms with Gasteiger partial charge in [0.2, 0.25) is 0 Å². The van der Waals surface area contributed by atoms with Gasteiger partial charge >= 0.3 is 0 Å². The Morgan fingerprint density at radius 3 is 3.14 bits per heavy atom. The summed E-state index contributed by atoms with van der Waals surface area (Å²) in [6.07, 6.45) is 7.60. The Hall–Kier alpha value is -2.41. The summed E-state index contributed by atoms with van der Waals surface area (Å²) in [6.45, 7) is 1.47. The van der Waals surface area contributed by atoms with Gasteiger partial charge in [-0.15, -0.1) is 11.3 Å². The molecule has 0 unspecified atom stereocenters. The number of aryl methyl sites for hydroxylation is 1. The van der Waals surface area contributed by atoms with Crippen molar-refractivity contribution in [2.45, 2.75) is 13.0 Å². The molecule has 0 N–H and O–H groups in total. The van der Waals surface area contributed by atoms with Gasteiger partial charge in [0.05, 0.1) is 11.2 Å². The number of thiophene rings is 1. The zero-order valence-corrected chi connectivity index (χ0v) is 13.0. The van der Waals surface area contributed by atoms with E-state index in [1.165, 1.54) is 17.7 Å². The van der Waals surface area contributed by atoms with Crippen LogP contribution >= 0.6 is 11.3 Å². The number of hydrogen-bond acceptors (Lipinski definition) is 5. The molecule has 3 aromatic heterocycles. The van der Waals surface area contributed by atoms with Crippen LogP contribution in [0, 0.1) is 0 Å². The third-order valence-corrected chi connectivity index (χ3v) is 4.20. The molecule has 7 heteroatoms. The summed E-state index contributed by atoms with van der Waals surface area (Å²) < 4.78 is 7.37. The highest BCUT2D eigenvalue weighted by molar-refractivity contribution is 7.13. The molecule has 0 radical (unpaired) electrons. The predicted octanol–water partition coefficient (Wildman–Crippen LogP) is 2.76. The third kappa shape index (κ3) is 3.09. The van der Waals surface area contributed by atoms with Crippen molar-refractivity contribution >= 4 is 17.2 Å². The molecule has 0 fully saturated rings. The molecular formula is C15H16N4O2S. The predicted molar refractivity (Wildman–Crippen MR) is 83.6 cm³/mol. The zero-order chi connectivity index (χ0) is 15.4. The molecule has 0 aliphatic rings. The summed E-state index contributed by atoms with van der Waals surface area (Å²) in [7, 11) is 1.78. The first-order chi connectivity index (χ1) is 10.8. The average molecular weight is 316 g/mol. The summed E-state index contributed by atoms with van der Waals surface area (Å²) in [5.41, 5.74) is 0.368. The summed E-state index contributed by atoms with van der Waals surface area (Å²) in [5, 5.41) is 1.95. The van der Waals surface area contributed by atoms with Crippen LogP contribution in [-0.4, -0.2) is 38.9 Å². The third-order valence-electron chi connectivity index (χ3n) is 3.33. The number of rotatable bonds is 6. The second-order valence-corrected chi connectivity index (χ2v) is 5.84. The van der Waals surface area contributed by atoms with Gasteiger partial charge in [0.25, 0.3) is 5.91 Å². The first kappa shape index (κ1) is 14.5. The molecule has 6 nitrogen and oxygen atoms in total. The number of carbonyl (C=O) groups excluding carboxylic acids is 1. The average Bonchev–Trinajstić information content (AvgIpc) is 3.26. The minimum Gasteiger partial charge on any atom is -0.442 e. The number of carbonyl (C=O) groups is 1. The molecule has 3 heterocycles. The molecule has 0 spiro atoms. The van der Waals surface area contributed by atoms with Gasteiger partial charge < -0.3 is 13.9 Å². The first-order valence-electron chi connectivity index (χ1n) is 6.94. The lowest BCUT2D eigenvalue weighted by Gasteiger charge is -2.16. The van der Waals surface area contributed by atoms with Crippen molar-refractivity contribution in [1.29, 1.82) is 0 Å². The lowest BCUT2D eigenvalue weighted by molar-refractivity contribution is 0.0787. The molecule has 0 aliphatic heterocycles. The van der Waals surface area contributed by atoms with Gasteiger partial charge in [0.1, 0.15) is 0 Å². The Balaban J connectivity index is 1.62. The van der Waals surface area contributed by atoms with E-state index in [1.807, 2.05) is 28.3 Å². The Bertz CT molecular complexity index is 719. The van der Waals surface area contributed by atoms with E-state index in [-0.39, 0.29) is 5.91 Å². The lowest BCUT2D eigenvalue weighted by atomic mass is 10.2. The second-order valence-electron chi connectivity index (χ2n) is 4.89. The summed E-state index contributed by atoms with van der Waals surface area (Å²) in [5.74, 6) is 0.421. The normalized spacial score (nSPS) is 10.8. The summed E-state index contributed by atoms with van der Waals surface area (Å²) in [4.78, 5) is 23.2. The number of amides is 1. The molecule has 0 saturated heterocycles. The molecule has 0 bridgehead atoms. The Labute approximate surface area is 132 Å². The van der Waals surface area contributed by atoms with E-state index in [4.69, 9.17) is 4.42 Å². The van der Waals surface area contributed by atoms with Gasteiger partial charge in [-0.1, -0.05) is 6.07 Å². The largest absolute Gasteiger partial charge is 0.442 e. The van der Waals surface area contributed by atoms with E-state index in [1.54, 1.807) is 24.5 Å². The van der Waals surface area contributed by atoms with Crippen LogP contribution in [0.1, 0.15) is 16.9 Å². The number of imidazole rings is 1. The fraction of sp³-hybridized carbons (Fsp3) is 0.267. The van der Waals surface area contributed by atoms with Crippen LogP contribution in [-0.2, 0) is 6.54 Å². The van der Waals surface area contributed by atoms with Crippen LogP contribution in [0.5, 0.6) is 0 Å². The van der Waals surface area contributed by atoms with Crippen LogP contribution in [0.2, 0.25) is 0 Å². The van der Waals surface area contributed by atoms with E-state index in [9.17, 15) is 4.79 Å². The van der Waals surface area contributed by atoms with Crippen molar-refractivity contribution in [3.05, 3.63) is 48.3 Å². The van der Waals surface area contributed by atoms with E-state index in [0.717, 1.165) is 17.8 Å². The zero-order valence-electron chi connectivity index (χ0n) is 12.2. The van der Waals surface area contributed by atoms with Gasteiger partial charge in [0.15, 0.2) is 17.8 Å². The molecule has 1 amide bonds. The van der Waals surface area contributed by atoms with Crippen LogP contribution in [0.4, 0.5) is 0 Å². The standard InChI is InChI=1S/C15H16N4O2S/c1-18(6-3-7-19-8-5-16-10-19)15(20)13-14(21-11-17-13)12-4-2-9-22-12/h2,4-5,8-11H,3,6-7H2,1H3. The maximum absolute atomic E-state index is 12.5. The van der Waals surface area contributed by atoms with Crippen molar-refractivity contribution in [1.82, 2.24) is 19.4 Å². The maximum atomic E-state index is 12.5. The fourth-order valence-electron chi connectivity index (χ4n) is 2.17. The molecule has 114 valence electrons. The van der Waals surface area contributed by atoms with Crippen molar-refractivity contribution in [3.63, 3.8) is 0 Å². The molecule has 3 rings (SSSR count). The van der Waals surface area contributed by atoms with Gasteiger partial charge in [0, 0.05) is 32.5 Å². The molecule has 3 aromatic rings. The molecule has 0 aromatic carbocycles. The maximum Gasteiger partial charge on any atom is 0.276 e. The van der Waals surface area contributed by atoms with E-state index in [0.29, 0.717) is 18.0 Å². The van der Waals surface area contributed by atoms with E-state index < -0.39 is 0 Å². The highest BCUT2D eigenvalue weighted by Gasteiger charge is 2.21. The van der Waals surface area contributed by atoms with Gasteiger partial charge in [-0.05, 0) is 17.9 Å². The van der Waals surface area contributed by atoms with Crippen LogP contribution in [0.3, 0.4) is 0 Å². The number of hydrogen-bond donors (Lipinski definition) is 0. The van der Waals surface area contributed by atoms with Gasteiger partial charge in [-0.25, -0.2) is 9.97 Å². The Morgan fingerprint density at radius 2 is 2.41 bits per heavy atom. The SMILES string of the molecule is CN(CCCn1ccnc1)C(=O)c1ncoc1-c1cccs1. The minimum absolute atomic E-state index is 0.122. The lowest BCUT2D eigenvalue weighted by Crippen LogP contribution is -2.29. The van der Waals surface area contributed by atoms with Gasteiger partial charge in [-0.2, -0.15) is 0 Å². The topological polar surface area (TPSA) is 64.2 Å².